The summed E-state index contributed by atoms with van der Waals surface area (Å²) in [4.78, 5) is 25.7. The topological polar surface area (TPSA) is 118 Å². The predicted molar refractivity (Wildman–Crippen MR) is 142 cm³/mol. The lowest BCUT2D eigenvalue weighted by atomic mass is 10.0. The summed E-state index contributed by atoms with van der Waals surface area (Å²) in [6.45, 7) is 8.51. The average Bonchev–Trinajstić information content (AvgIpc) is 3.75. The summed E-state index contributed by atoms with van der Waals surface area (Å²) in [6.07, 6.45) is 4.91. The van der Waals surface area contributed by atoms with Crippen molar-refractivity contribution in [2.45, 2.75) is 58.0 Å². The molecule has 0 bridgehead atoms. The Morgan fingerprint density at radius 3 is 2.54 bits per heavy atom. The molecule has 2 fully saturated rings. The van der Waals surface area contributed by atoms with Crippen LogP contribution in [0.2, 0.25) is 0 Å². The van der Waals surface area contributed by atoms with Gasteiger partial charge in [0.1, 0.15) is 0 Å². The van der Waals surface area contributed by atoms with Crippen molar-refractivity contribution in [3.63, 3.8) is 0 Å². The summed E-state index contributed by atoms with van der Waals surface area (Å²) in [5.41, 5.74) is 5.79. The first-order valence-corrected chi connectivity index (χ1v) is 12.9. The number of hydrogen-bond donors (Lipinski definition) is 2. The highest BCUT2D eigenvalue weighted by Gasteiger charge is 2.31. The normalized spacial score (nSPS) is 18.5. The molecule has 2 atom stereocenters. The number of carbonyl (C=O) groups is 1. The molecule has 2 aliphatic rings. The summed E-state index contributed by atoms with van der Waals surface area (Å²) >= 11 is 0. The third-order valence-electron chi connectivity index (χ3n) is 7.27. The van der Waals surface area contributed by atoms with Crippen molar-refractivity contribution in [2.75, 3.05) is 24.5 Å². The molecule has 37 heavy (non-hydrogen) atoms. The van der Waals surface area contributed by atoms with E-state index in [4.69, 9.17) is 9.97 Å². The van der Waals surface area contributed by atoms with Crippen molar-refractivity contribution in [1.82, 2.24) is 20.6 Å². The molecule has 0 radical (unpaired) electrons. The molecule has 2 aromatic heterocycles. The van der Waals surface area contributed by atoms with Gasteiger partial charge < -0.3 is 15.5 Å². The molecule has 1 saturated heterocycles. The summed E-state index contributed by atoms with van der Waals surface area (Å²) in [5, 5.41) is 26.3. The van der Waals surface area contributed by atoms with Crippen molar-refractivity contribution < 1.29 is 4.79 Å². The maximum atomic E-state index is 13.8. The Labute approximate surface area is 217 Å². The van der Waals surface area contributed by atoms with Gasteiger partial charge >= 0.3 is 0 Å². The molecule has 8 nitrogen and oxygen atoms in total. The van der Waals surface area contributed by atoms with Gasteiger partial charge in [-0.05, 0) is 69.9 Å². The van der Waals surface area contributed by atoms with Crippen LogP contribution in [-0.4, -0.2) is 41.6 Å². The van der Waals surface area contributed by atoms with Gasteiger partial charge in [-0.25, -0.2) is 0 Å². The van der Waals surface area contributed by atoms with Crippen LogP contribution in [-0.2, 0) is 0 Å². The molecule has 1 aromatic carbocycles. The molecule has 5 rings (SSSR count). The Kier molecular flexibility index (Phi) is 6.78. The number of hydrogen-bond acceptors (Lipinski definition) is 7. The van der Waals surface area contributed by atoms with E-state index >= 15 is 0 Å². The third kappa shape index (κ3) is 5.12. The first-order chi connectivity index (χ1) is 17.9. The van der Waals surface area contributed by atoms with E-state index < -0.39 is 6.04 Å². The van der Waals surface area contributed by atoms with E-state index in [2.05, 4.69) is 40.7 Å². The summed E-state index contributed by atoms with van der Waals surface area (Å²) in [5.74, 6) is 0.209. The van der Waals surface area contributed by atoms with E-state index in [1.807, 2.05) is 13.8 Å². The number of anilines is 1. The zero-order valence-corrected chi connectivity index (χ0v) is 21.5. The Morgan fingerprint density at radius 1 is 1.14 bits per heavy atom. The minimum atomic E-state index is -0.400. The minimum Gasteiger partial charge on any atom is -0.369 e. The van der Waals surface area contributed by atoms with Crippen molar-refractivity contribution in [1.29, 1.82) is 10.5 Å². The Morgan fingerprint density at radius 2 is 1.86 bits per heavy atom. The molecule has 0 unspecified atom stereocenters. The van der Waals surface area contributed by atoms with Crippen molar-refractivity contribution >= 4 is 22.5 Å². The molecule has 0 spiro atoms. The minimum absolute atomic E-state index is 0.231. The average molecular weight is 494 g/mol. The van der Waals surface area contributed by atoms with Gasteiger partial charge in [0.25, 0.3) is 5.91 Å². The van der Waals surface area contributed by atoms with Gasteiger partial charge in [-0.15, -0.1) is 0 Å². The van der Waals surface area contributed by atoms with Crippen LogP contribution in [0.1, 0.15) is 83.5 Å². The fourth-order valence-electron chi connectivity index (χ4n) is 5.11. The lowest BCUT2D eigenvalue weighted by Crippen LogP contribution is -2.33. The van der Waals surface area contributed by atoms with Gasteiger partial charge in [0.05, 0.1) is 51.8 Å². The zero-order valence-electron chi connectivity index (χ0n) is 21.5. The lowest BCUT2D eigenvalue weighted by Gasteiger charge is -2.27. The van der Waals surface area contributed by atoms with E-state index in [-0.39, 0.29) is 5.91 Å². The molecule has 1 amide bonds. The molecule has 1 aliphatic heterocycles. The first kappa shape index (κ1) is 24.7. The summed E-state index contributed by atoms with van der Waals surface area (Å²) in [7, 11) is 0. The van der Waals surface area contributed by atoms with Crippen LogP contribution in [0.4, 0.5) is 5.69 Å². The van der Waals surface area contributed by atoms with E-state index in [1.165, 1.54) is 0 Å². The predicted octanol–water partition coefficient (Wildman–Crippen LogP) is 4.24. The maximum Gasteiger partial charge on any atom is 0.255 e. The van der Waals surface area contributed by atoms with Crippen LogP contribution >= 0.6 is 0 Å². The van der Waals surface area contributed by atoms with Crippen LogP contribution in [0.3, 0.4) is 0 Å². The van der Waals surface area contributed by atoms with Gasteiger partial charge in [-0.3, -0.25) is 14.8 Å². The number of fused-ring (bicyclic) bond motifs is 1. The first-order valence-electron chi connectivity index (χ1n) is 12.9. The molecule has 1 saturated carbocycles. The largest absolute Gasteiger partial charge is 0.369 e. The van der Waals surface area contributed by atoms with E-state index in [0.29, 0.717) is 34.2 Å². The number of nitriles is 2. The smallest absolute Gasteiger partial charge is 0.255 e. The van der Waals surface area contributed by atoms with Gasteiger partial charge in [-0.2, -0.15) is 10.5 Å². The van der Waals surface area contributed by atoms with Crippen LogP contribution in [0.5, 0.6) is 0 Å². The van der Waals surface area contributed by atoms with Gasteiger partial charge in [0, 0.05) is 48.9 Å². The highest BCUT2D eigenvalue weighted by Crippen LogP contribution is 2.43. The van der Waals surface area contributed by atoms with Crippen molar-refractivity contribution in [3.8, 4) is 12.1 Å². The van der Waals surface area contributed by atoms with Crippen LogP contribution < -0.4 is 15.5 Å². The number of aryl methyl sites for hydroxylation is 1. The van der Waals surface area contributed by atoms with E-state index in [9.17, 15) is 15.3 Å². The van der Waals surface area contributed by atoms with Crippen LogP contribution in [0, 0.1) is 29.6 Å². The second-order valence-corrected chi connectivity index (χ2v) is 10.2. The van der Waals surface area contributed by atoms with E-state index in [0.717, 1.165) is 66.9 Å². The fourth-order valence-corrected chi connectivity index (χ4v) is 5.11. The lowest BCUT2D eigenvalue weighted by molar-refractivity contribution is 0.0940. The monoisotopic (exact) mass is 493 g/mol. The highest BCUT2D eigenvalue weighted by atomic mass is 16.1. The molecule has 8 heteroatoms. The molecule has 3 aromatic rings. The van der Waals surface area contributed by atoms with Crippen molar-refractivity contribution in [3.05, 3.63) is 64.1 Å². The summed E-state index contributed by atoms with van der Waals surface area (Å²) < 4.78 is 0. The zero-order chi connectivity index (χ0) is 26.1. The second kappa shape index (κ2) is 10.2. The second-order valence-electron chi connectivity index (χ2n) is 10.2. The number of aromatic nitrogens is 2. The van der Waals surface area contributed by atoms with Crippen LogP contribution in [0.25, 0.3) is 10.9 Å². The summed E-state index contributed by atoms with van der Waals surface area (Å²) in [6, 6.07) is 11.2. The van der Waals surface area contributed by atoms with Gasteiger partial charge in [0.15, 0.2) is 0 Å². The van der Waals surface area contributed by atoms with Crippen molar-refractivity contribution in [2.24, 2.45) is 0 Å². The Balaban J connectivity index is 1.57. The number of carbonyl (C=O) groups excluding carboxylic acids is 1. The molecular formula is C29H31N7O. The standard InChI is InChI=1S/C29H31N7O/c1-17-6-8-36(9-7-32-17)28-24-10-18(2)34-26(22-4-5-22)27(24)33-16-25(28)29(37)35-19(3)23-12-20(14-30)11-21(13-23)15-31/h10-13,16-17,19,22,32H,4-9H2,1-3H3,(H,35,37)/t17-,19-/m0/s1. The van der Waals surface area contributed by atoms with Crippen LogP contribution in [0.15, 0.2) is 30.5 Å². The Hall–Kier alpha value is -4.01. The highest BCUT2D eigenvalue weighted by molar-refractivity contribution is 6.08. The number of benzene rings is 1. The van der Waals surface area contributed by atoms with Gasteiger partial charge in [0.2, 0.25) is 0 Å². The quantitative estimate of drug-likeness (QED) is 0.546. The molecule has 2 N–H and O–H groups in total. The SMILES string of the molecule is Cc1cc2c(N3CCN[C@@H](C)CC3)c(C(=O)N[C@@H](C)c3cc(C#N)cc(C#N)c3)cnc2c(C2CC2)n1. The van der Waals surface area contributed by atoms with Gasteiger partial charge in [-0.1, -0.05) is 0 Å². The number of amides is 1. The molecule has 1 aliphatic carbocycles. The Bertz CT molecular complexity index is 1420. The number of nitrogens with one attached hydrogen (secondary N) is 2. The molecule has 188 valence electrons. The molecule has 3 heterocycles. The number of nitrogens with zero attached hydrogens (tertiary/aromatic N) is 5. The number of rotatable bonds is 5. The molecular weight excluding hydrogens is 462 g/mol. The fraction of sp³-hybridized carbons (Fsp3) is 0.414. The number of pyridine rings is 2. The van der Waals surface area contributed by atoms with E-state index in [1.54, 1.807) is 24.4 Å². The maximum absolute atomic E-state index is 13.8. The third-order valence-corrected chi connectivity index (χ3v) is 7.27.